The summed E-state index contributed by atoms with van der Waals surface area (Å²) in [7, 11) is 0. The molecule has 0 aliphatic carbocycles. The van der Waals surface area contributed by atoms with E-state index in [1.54, 1.807) is 0 Å². The van der Waals surface area contributed by atoms with Crippen LogP contribution >= 0.6 is 22.9 Å². The zero-order valence-corrected chi connectivity index (χ0v) is 14.6. The van der Waals surface area contributed by atoms with E-state index >= 15 is 0 Å². The van der Waals surface area contributed by atoms with E-state index in [0.717, 1.165) is 22.4 Å². The third-order valence-corrected chi connectivity index (χ3v) is 4.66. The van der Waals surface area contributed by atoms with E-state index in [-0.39, 0.29) is 10.6 Å². The van der Waals surface area contributed by atoms with Crippen molar-refractivity contribution in [3.8, 4) is 11.3 Å². The van der Waals surface area contributed by atoms with Crippen molar-refractivity contribution in [1.29, 1.82) is 0 Å². The van der Waals surface area contributed by atoms with Crippen LogP contribution in [-0.4, -0.2) is 10.9 Å². The minimum atomic E-state index is -0.661. The van der Waals surface area contributed by atoms with Gasteiger partial charge in [0.2, 0.25) is 0 Å². The number of carbonyl (C=O) groups is 1. The average Bonchev–Trinajstić information content (AvgIpc) is 2.97. The maximum absolute atomic E-state index is 13.8. The molecule has 6 heteroatoms. The molecule has 0 aliphatic heterocycles. The molecule has 0 saturated carbocycles. The first kappa shape index (κ1) is 16.6. The third kappa shape index (κ3) is 3.32. The molecule has 0 saturated heterocycles. The van der Waals surface area contributed by atoms with Crippen molar-refractivity contribution >= 4 is 34.0 Å². The highest BCUT2D eigenvalue weighted by Crippen LogP contribution is 2.29. The molecule has 3 rings (SSSR count). The van der Waals surface area contributed by atoms with Crippen LogP contribution in [0, 0.1) is 19.7 Å². The van der Waals surface area contributed by atoms with Crippen LogP contribution in [0.4, 0.5) is 9.52 Å². The minimum Gasteiger partial charge on any atom is -0.298 e. The molecule has 1 aromatic heterocycles. The Balaban J connectivity index is 1.87. The molecule has 1 amide bonds. The fraction of sp³-hybridized carbons (Fsp3) is 0.111. The summed E-state index contributed by atoms with van der Waals surface area (Å²) >= 11 is 7.20. The molecule has 0 spiro atoms. The van der Waals surface area contributed by atoms with Crippen molar-refractivity contribution < 1.29 is 9.18 Å². The molecule has 1 N–H and O–H groups in total. The Labute approximate surface area is 148 Å². The second-order valence-electron chi connectivity index (χ2n) is 5.41. The van der Waals surface area contributed by atoms with Gasteiger partial charge in [-0.2, -0.15) is 0 Å². The molecule has 2 aromatic carbocycles. The zero-order chi connectivity index (χ0) is 17.3. The summed E-state index contributed by atoms with van der Waals surface area (Å²) in [6.07, 6.45) is 0. The lowest BCUT2D eigenvalue weighted by Crippen LogP contribution is -2.14. The third-order valence-electron chi connectivity index (χ3n) is 3.58. The molecule has 0 atom stereocenters. The summed E-state index contributed by atoms with van der Waals surface area (Å²) in [5.74, 6) is -1.27. The van der Waals surface area contributed by atoms with Crippen molar-refractivity contribution in [2.45, 2.75) is 13.8 Å². The molecule has 0 aliphatic rings. The quantitative estimate of drug-likeness (QED) is 0.672. The number of hydrogen-bond acceptors (Lipinski definition) is 3. The number of hydrogen-bond donors (Lipinski definition) is 1. The highest BCUT2D eigenvalue weighted by Gasteiger charge is 2.17. The van der Waals surface area contributed by atoms with E-state index in [9.17, 15) is 9.18 Å². The van der Waals surface area contributed by atoms with Crippen LogP contribution in [0.1, 0.15) is 21.5 Å². The highest BCUT2D eigenvalue weighted by atomic mass is 35.5. The monoisotopic (exact) mass is 360 g/mol. The number of rotatable bonds is 3. The molecule has 0 fully saturated rings. The second kappa shape index (κ2) is 6.71. The maximum atomic E-state index is 13.8. The Kier molecular flexibility index (Phi) is 4.64. The Bertz CT molecular complexity index is 903. The lowest BCUT2D eigenvalue weighted by atomic mass is 10.0. The van der Waals surface area contributed by atoms with Gasteiger partial charge in [-0.05, 0) is 37.6 Å². The van der Waals surface area contributed by atoms with Crippen LogP contribution < -0.4 is 5.32 Å². The highest BCUT2D eigenvalue weighted by molar-refractivity contribution is 7.14. The molecule has 3 nitrogen and oxygen atoms in total. The van der Waals surface area contributed by atoms with Gasteiger partial charge in [-0.3, -0.25) is 10.1 Å². The van der Waals surface area contributed by atoms with Crippen LogP contribution in [0.3, 0.4) is 0 Å². The van der Waals surface area contributed by atoms with Gasteiger partial charge in [0, 0.05) is 10.9 Å². The summed E-state index contributed by atoms with van der Waals surface area (Å²) in [4.78, 5) is 16.7. The van der Waals surface area contributed by atoms with E-state index in [4.69, 9.17) is 11.6 Å². The number of amides is 1. The van der Waals surface area contributed by atoms with Gasteiger partial charge in [0.15, 0.2) is 5.13 Å². The first-order valence-corrected chi connectivity index (χ1v) is 8.50. The fourth-order valence-corrected chi connectivity index (χ4v) is 3.30. The molecular weight excluding hydrogens is 347 g/mol. The molecule has 122 valence electrons. The summed E-state index contributed by atoms with van der Waals surface area (Å²) in [5.41, 5.74) is 3.84. The zero-order valence-electron chi connectivity index (χ0n) is 13.1. The number of nitrogens with one attached hydrogen (secondary N) is 1. The number of halogens is 2. The minimum absolute atomic E-state index is 0.0683. The molecule has 3 aromatic rings. The largest absolute Gasteiger partial charge is 0.298 e. The number of aryl methyl sites for hydroxylation is 2. The van der Waals surface area contributed by atoms with Crippen LogP contribution in [0.25, 0.3) is 11.3 Å². The van der Waals surface area contributed by atoms with Crippen LogP contribution in [0.2, 0.25) is 5.02 Å². The number of carbonyl (C=O) groups excluding carboxylic acids is 1. The van der Waals surface area contributed by atoms with Gasteiger partial charge in [-0.25, -0.2) is 9.37 Å². The van der Waals surface area contributed by atoms with Crippen LogP contribution in [0.5, 0.6) is 0 Å². The van der Waals surface area contributed by atoms with Crippen molar-refractivity contribution in [3.63, 3.8) is 0 Å². The lowest BCUT2D eigenvalue weighted by Gasteiger charge is -2.05. The van der Waals surface area contributed by atoms with E-state index < -0.39 is 11.7 Å². The van der Waals surface area contributed by atoms with Gasteiger partial charge >= 0.3 is 0 Å². The smallest absolute Gasteiger partial charge is 0.261 e. The Hall–Kier alpha value is -2.24. The van der Waals surface area contributed by atoms with Crippen LogP contribution in [0.15, 0.2) is 41.8 Å². The number of anilines is 1. The molecular formula is C18H14ClFN2OS. The van der Waals surface area contributed by atoms with Gasteiger partial charge in [0.1, 0.15) is 5.82 Å². The molecule has 1 heterocycles. The van der Waals surface area contributed by atoms with Crippen molar-refractivity contribution in [2.75, 3.05) is 5.32 Å². The molecule has 0 radical (unpaired) electrons. The van der Waals surface area contributed by atoms with Gasteiger partial charge < -0.3 is 0 Å². The fourth-order valence-electron chi connectivity index (χ4n) is 2.34. The summed E-state index contributed by atoms with van der Waals surface area (Å²) < 4.78 is 13.8. The Morgan fingerprint density at radius 2 is 2.04 bits per heavy atom. The van der Waals surface area contributed by atoms with Crippen LogP contribution in [-0.2, 0) is 0 Å². The van der Waals surface area contributed by atoms with E-state index in [1.165, 1.54) is 29.5 Å². The molecule has 24 heavy (non-hydrogen) atoms. The van der Waals surface area contributed by atoms with Gasteiger partial charge in [0.05, 0.1) is 16.3 Å². The van der Waals surface area contributed by atoms with Gasteiger partial charge in [0.25, 0.3) is 5.91 Å². The SMILES string of the molecule is Cc1ccc(C)c(-c2csc(NC(=O)c3c(F)cccc3Cl)n2)c1. The number of thiazole rings is 1. The van der Waals surface area contributed by atoms with Gasteiger partial charge in [-0.15, -0.1) is 11.3 Å². The predicted octanol–water partition coefficient (Wildman–Crippen LogP) is 5.47. The predicted molar refractivity (Wildman–Crippen MR) is 96.4 cm³/mol. The standard InChI is InChI=1S/C18H14ClFN2OS/c1-10-6-7-11(2)12(8-10)15-9-24-18(21-15)22-17(23)16-13(19)4-3-5-14(16)20/h3-9H,1-2H3,(H,21,22,23). The Morgan fingerprint density at radius 1 is 1.25 bits per heavy atom. The first-order valence-electron chi connectivity index (χ1n) is 7.24. The van der Waals surface area contributed by atoms with E-state index in [0.29, 0.717) is 5.13 Å². The number of benzene rings is 2. The second-order valence-corrected chi connectivity index (χ2v) is 6.67. The van der Waals surface area contributed by atoms with Crippen molar-refractivity contribution in [1.82, 2.24) is 4.98 Å². The van der Waals surface area contributed by atoms with E-state index in [1.807, 2.05) is 37.4 Å². The van der Waals surface area contributed by atoms with Crippen molar-refractivity contribution in [3.05, 3.63) is 69.3 Å². The number of nitrogens with zero attached hydrogens (tertiary/aromatic N) is 1. The summed E-state index contributed by atoms with van der Waals surface area (Å²) in [6, 6.07) is 10.2. The van der Waals surface area contributed by atoms with Crippen molar-refractivity contribution in [2.24, 2.45) is 0 Å². The average molecular weight is 361 g/mol. The molecule has 0 bridgehead atoms. The molecule has 0 unspecified atom stereocenters. The summed E-state index contributed by atoms with van der Waals surface area (Å²) in [6.45, 7) is 4.02. The Morgan fingerprint density at radius 3 is 2.79 bits per heavy atom. The summed E-state index contributed by atoms with van der Waals surface area (Å²) in [5, 5.41) is 4.94. The van der Waals surface area contributed by atoms with E-state index in [2.05, 4.69) is 10.3 Å². The first-order chi connectivity index (χ1) is 11.5. The lowest BCUT2D eigenvalue weighted by molar-refractivity contribution is 0.102. The number of aromatic nitrogens is 1. The topological polar surface area (TPSA) is 42.0 Å². The maximum Gasteiger partial charge on any atom is 0.261 e. The van der Waals surface area contributed by atoms with Gasteiger partial charge in [-0.1, -0.05) is 35.4 Å². The normalized spacial score (nSPS) is 10.7.